The van der Waals surface area contributed by atoms with E-state index in [0.29, 0.717) is 17.2 Å². The molecular weight excluding hydrogens is 385 g/mol. The van der Waals surface area contributed by atoms with Gasteiger partial charge >= 0.3 is 0 Å². The number of hydrogen-bond donors (Lipinski definition) is 0. The highest BCUT2D eigenvalue weighted by molar-refractivity contribution is 8.00. The molecule has 1 aliphatic rings. The van der Waals surface area contributed by atoms with Gasteiger partial charge in [0.2, 0.25) is 0 Å². The smallest absolute Gasteiger partial charge is 0.207 e. The van der Waals surface area contributed by atoms with Crippen molar-refractivity contribution in [2.75, 3.05) is 0 Å². The maximum atomic E-state index is 14.4. The van der Waals surface area contributed by atoms with Crippen molar-refractivity contribution in [1.82, 2.24) is 19.6 Å². The summed E-state index contributed by atoms with van der Waals surface area (Å²) in [6, 6.07) is 1.27. The zero-order valence-corrected chi connectivity index (χ0v) is 15.1. The summed E-state index contributed by atoms with van der Waals surface area (Å²) in [6.45, 7) is 0. The largest absolute Gasteiger partial charge is 0.254 e. The monoisotopic (exact) mass is 398 g/mol. The van der Waals surface area contributed by atoms with Gasteiger partial charge in [-0.15, -0.1) is 11.8 Å². The molecule has 1 aromatic carbocycles. The summed E-state index contributed by atoms with van der Waals surface area (Å²) in [5.41, 5.74) is -0.324. The normalized spacial score (nSPS) is 15.7. The number of rotatable bonds is 3. The summed E-state index contributed by atoms with van der Waals surface area (Å²) >= 11 is 7.73. The van der Waals surface area contributed by atoms with Crippen molar-refractivity contribution in [3.8, 4) is 11.1 Å². The molecule has 0 atom stereocenters. The topological polar surface area (TPSA) is 43.1 Å². The van der Waals surface area contributed by atoms with Gasteiger partial charge in [0.1, 0.15) is 34.0 Å². The van der Waals surface area contributed by atoms with Crippen molar-refractivity contribution in [1.29, 1.82) is 0 Å². The van der Waals surface area contributed by atoms with Gasteiger partial charge in [-0.05, 0) is 12.8 Å². The van der Waals surface area contributed by atoms with Crippen LogP contribution in [0.3, 0.4) is 0 Å². The summed E-state index contributed by atoms with van der Waals surface area (Å²) in [5, 5.41) is 4.79. The Morgan fingerprint density at radius 1 is 1.04 bits per heavy atom. The molecule has 0 N–H and O–H groups in total. The van der Waals surface area contributed by atoms with Crippen molar-refractivity contribution in [2.24, 2.45) is 0 Å². The van der Waals surface area contributed by atoms with Crippen LogP contribution in [0, 0.1) is 17.5 Å². The van der Waals surface area contributed by atoms with E-state index >= 15 is 0 Å². The second-order valence-corrected chi connectivity index (χ2v) is 7.82. The molecule has 1 saturated carbocycles. The molecule has 0 radical (unpaired) electrons. The van der Waals surface area contributed by atoms with Crippen LogP contribution in [0.1, 0.15) is 32.1 Å². The molecule has 26 heavy (non-hydrogen) atoms. The Bertz CT molecular complexity index is 949. The molecule has 1 fully saturated rings. The Hall–Kier alpha value is -1.80. The Labute approximate surface area is 156 Å². The molecule has 0 bridgehead atoms. The molecule has 0 aliphatic heterocycles. The van der Waals surface area contributed by atoms with Gasteiger partial charge in [-0.3, -0.25) is 0 Å². The van der Waals surface area contributed by atoms with Gasteiger partial charge in [0.05, 0.1) is 11.1 Å². The maximum absolute atomic E-state index is 14.4. The van der Waals surface area contributed by atoms with Gasteiger partial charge in [0, 0.05) is 17.4 Å². The van der Waals surface area contributed by atoms with Crippen molar-refractivity contribution >= 4 is 29.1 Å². The van der Waals surface area contributed by atoms with E-state index in [0.717, 1.165) is 25.7 Å². The van der Waals surface area contributed by atoms with Gasteiger partial charge in [-0.25, -0.2) is 13.2 Å². The highest BCUT2D eigenvalue weighted by atomic mass is 35.5. The molecule has 9 heteroatoms. The Kier molecular flexibility index (Phi) is 4.79. The van der Waals surface area contributed by atoms with Gasteiger partial charge in [0.25, 0.3) is 5.78 Å². The predicted molar refractivity (Wildman–Crippen MR) is 93.8 cm³/mol. The second kappa shape index (κ2) is 7.08. The molecule has 4 rings (SSSR count). The molecule has 2 aromatic heterocycles. The molecule has 0 spiro atoms. The predicted octanol–water partition coefficient (Wildman–Crippen LogP) is 5.29. The van der Waals surface area contributed by atoms with Crippen LogP contribution in [0.15, 0.2) is 23.5 Å². The highest BCUT2D eigenvalue weighted by Crippen LogP contribution is 2.43. The fraction of sp³-hybridized carbons (Fsp3) is 0.353. The lowest BCUT2D eigenvalue weighted by atomic mass is 10.0. The molecule has 4 nitrogen and oxygen atoms in total. The van der Waals surface area contributed by atoms with Gasteiger partial charge in [0.15, 0.2) is 0 Å². The zero-order chi connectivity index (χ0) is 18.3. The van der Waals surface area contributed by atoms with Crippen LogP contribution in [-0.4, -0.2) is 24.8 Å². The minimum Gasteiger partial charge on any atom is -0.207 e. The Morgan fingerprint density at radius 3 is 2.42 bits per heavy atom. The van der Waals surface area contributed by atoms with E-state index in [4.69, 9.17) is 11.6 Å². The minimum absolute atomic E-state index is 0.0789. The van der Waals surface area contributed by atoms with Crippen LogP contribution in [0.5, 0.6) is 0 Å². The van der Waals surface area contributed by atoms with Gasteiger partial charge in [-0.2, -0.15) is 19.6 Å². The fourth-order valence-corrected chi connectivity index (χ4v) is 4.98. The quantitative estimate of drug-likeness (QED) is 0.562. The van der Waals surface area contributed by atoms with E-state index < -0.39 is 23.0 Å². The number of halogens is 4. The van der Waals surface area contributed by atoms with Crippen LogP contribution in [0.2, 0.25) is 5.15 Å². The first-order valence-corrected chi connectivity index (χ1v) is 9.51. The Balaban J connectivity index is 1.93. The van der Waals surface area contributed by atoms with Crippen LogP contribution in [0.25, 0.3) is 16.9 Å². The lowest BCUT2D eigenvalue weighted by Crippen LogP contribution is -2.11. The first kappa shape index (κ1) is 17.6. The van der Waals surface area contributed by atoms with E-state index in [2.05, 4.69) is 15.1 Å². The van der Waals surface area contributed by atoms with E-state index in [1.165, 1.54) is 29.0 Å². The molecule has 0 unspecified atom stereocenters. The molecule has 3 aromatic rings. The number of thioether (sulfide) groups is 1. The van der Waals surface area contributed by atoms with Crippen LogP contribution < -0.4 is 0 Å². The molecule has 1 aliphatic carbocycles. The van der Waals surface area contributed by atoms with Gasteiger partial charge in [-0.1, -0.05) is 30.9 Å². The van der Waals surface area contributed by atoms with E-state index in [1.807, 2.05) is 0 Å². The lowest BCUT2D eigenvalue weighted by molar-refractivity contribution is 0.515. The third-order valence-corrected chi connectivity index (χ3v) is 6.11. The number of benzene rings is 1. The average Bonchev–Trinajstić information content (AvgIpc) is 3.05. The van der Waals surface area contributed by atoms with Crippen LogP contribution in [0.4, 0.5) is 13.2 Å². The summed E-state index contributed by atoms with van der Waals surface area (Å²) in [6.07, 6.45) is 6.69. The molecular formula is C17H14ClF3N4S. The lowest BCUT2D eigenvalue weighted by Gasteiger charge is -2.22. The summed E-state index contributed by atoms with van der Waals surface area (Å²) in [7, 11) is 0. The van der Waals surface area contributed by atoms with E-state index in [1.54, 1.807) is 0 Å². The number of hydrogen-bond acceptors (Lipinski definition) is 4. The van der Waals surface area contributed by atoms with Crippen LogP contribution in [-0.2, 0) is 0 Å². The first-order chi connectivity index (χ1) is 12.5. The number of fused-ring (bicyclic) bond motifs is 1. The molecule has 0 amide bonds. The number of nitrogens with zero attached hydrogens (tertiary/aromatic N) is 4. The standard InChI is InChI=1S/C17H14ClF3N4S/c18-15-14(13-11(20)6-9(19)7-12(13)21)16(25-17(24-15)22-8-23-25)26-10-4-2-1-3-5-10/h6-8,10H,1-5H2. The molecule has 2 heterocycles. The average molecular weight is 399 g/mol. The summed E-state index contributed by atoms with van der Waals surface area (Å²) < 4.78 is 43.7. The highest BCUT2D eigenvalue weighted by Gasteiger charge is 2.26. The van der Waals surface area contributed by atoms with E-state index in [-0.39, 0.29) is 21.7 Å². The van der Waals surface area contributed by atoms with Crippen molar-refractivity contribution < 1.29 is 13.2 Å². The summed E-state index contributed by atoms with van der Waals surface area (Å²) in [5.74, 6) is -2.80. The third kappa shape index (κ3) is 3.16. The Morgan fingerprint density at radius 2 is 1.73 bits per heavy atom. The van der Waals surface area contributed by atoms with Crippen LogP contribution >= 0.6 is 23.4 Å². The van der Waals surface area contributed by atoms with Gasteiger partial charge < -0.3 is 0 Å². The van der Waals surface area contributed by atoms with Crippen molar-refractivity contribution in [3.05, 3.63) is 41.1 Å². The second-order valence-electron chi connectivity index (χ2n) is 6.18. The van der Waals surface area contributed by atoms with E-state index in [9.17, 15) is 13.2 Å². The van der Waals surface area contributed by atoms with Crippen molar-refractivity contribution in [2.45, 2.75) is 42.4 Å². The van der Waals surface area contributed by atoms with Crippen molar-refractivity contribution in [3.63, 3.8) is 0 Å². The fourth-order valence-electron chi connectivity index (χ4n) is 3.23. The third-order valence-electron chi connectivity index (χ3n) is 4.43. The molecule has 136 valence electrons. The summed E-state index contributed by atoms with van der Waals surface area (Å²) in [4.78, 5) is 8.11. The first-order valence-electron chi connectivity index (χ1n) is 8.25. The SMILES string of the molecule is Fc1cc(F)c(-c2c(Cl)nc3ncnn3c2SC2CCCCC2)c(F)c1. The zero-order valence-electron chi connectivity index (χ0n) is 13.6. The number of aromatic nitrogens is 4. The molecule has 0 saturated heterocycles. The minimum atomic E-state index is -1.03. The maximum Gasteiger partial charge on any atom is 0.254 e.